The van der Waals surface area contributed by atoms with E-state index < -0.39 is 150 Å². The number of unbranched alkanes of at least 4 members (excludes halogenated alkanes) is 1. The molecule has 25 nitrogen and oxygen atoms in total. The number of hydrogen-bond acceptors (Lipinski definition) is 14. The number of phenolic OH excluding ortho intramolecular Hbond substituents is 1. The first-order valence-electron chi connectivity index (χ1n) is 28.8. The first-order valence-corrected chi connectivity index (χ1v) is 29.9. The van der Waals surface area contributed by atoms with Crippen LogP contribution in [0.3, 0.4) is 0 Å². The second-order valence-electron chi connectivity index (χ2n) is 22.5. The highest BCUT2D eigenvalue weighted by Crippen LogP contribution is 2.26. The third-order valence-electron chi connectivity index (χ3n) is 13.8. The predicted molar refractivity (Wildman–Crippen MR) is 325 cm³/mol. The van der Waals surface area contributed by atoms with E-state index in [0.717, 1.165) is 34.0 Å². The molecule has 7 atom stereocenters. The van der Waals surface area contributed by atoms with Gasteiger partial charge in [0.15, 0.2) is 0 Å². The summed E-state index contributed by atoms with van der Waals surface area (Å²) in [5, 5.41) is 51.7. The Kier molecular flexibility index (Phi) is 30.5. The summed E-state index contributed by atoms with van der Waals surface area (Å²) < 4.78 is 0. The zero-order valence-corrected chi connectivity index (χ0v) is 51.7. The summed E-state index contributed by atoms with van der Waals surface area (Å²) in [6.07, 6.45) is -1.68. The number of rotatable bonds is 37. The van der Waals surface area contributed by atoms with Gasteiger partial charge in [-0.2, -0.15) is 0 Å². The van der Waals surface area contributed by atoms with Crippen LogP contribution in [0.2, 0.25) is 0 Å². The van der Waals surface area contributed by atoms with Gasteiger partial charge in [-0.3, -0.25) is 57.5 Å². The van der Waals surface area contributed by atoms with Crippen LogP contribution in [0.4, 0.5) is 0 Å². The minimum Gasteiger partial charge on any atom is -0.508 e. The van der Waals surface area contributed by atoms with E-state index in [9.17, 15) is 72.9 Å². The third kappa shape index (κ3) is 26.3. The fourth-order valence-corrected chi connectivity index (χ4v) is 10.4. The van der Waals surface area contributed by atoms with Gasteiger partial charge >= 0.3 is 11.9 Å². The van der Waals surface area contributed by atoms with Crippen LogP contribution in [0.15, 0.2) is 66.7 Å². The minimum atomic E-state index is -1.69. The summed E-state index contributed by atoms with van der Waals surface area (Å²) in [5.74, 6) is -11.4. The molecule has 3 aromatic carbocycles. The molecular weight excluding hydrogens is 1140 g/mol. The first kappa shape index (κ1) is 72.7. The number of nitrogens with two attached hydrogens (primary N) is 1. The molecule has 0 bridgehead atoms. The van der Waals surface area contributed by atoms with Gasteiger partial charge in [0, 0.05) is 37.1 Å². The Bertz CT molecular complexity index is 2870. The topological polar surface area (TPSA) is 400 Å². The van der Waals surface area contributed by atoms with E-state index in [2.05, 4.69) is 47.9 Å². The lowest BCUT2D eigenvalue weighted by Crippen LogP contribution is -2.60. The predicted octanol–water partition coefficient (Wildman–Crippen LogP) is 2.09. The number of carboxylic acid groups (broad SMARTS) is 2. The first-order chi connectivity index (χ1) is 40.9. The Morgan fingerprint density at radius 3 is 1.63 bits per heavy atom. The van der Waals surface area contributed by atoms with Gasteiger partial charge < -0.3 is 68.9 Å². The zero-order chi connectivity index (χ0) is 65.1. The lowest BCUT2D eigenvalue weighted by Gasteiger charge is -2.28. The standard InChI is InChI=1S/C61H86N10O15S/c1-33(2)25-45(69-60(84)53(35(5)6)71-50(75)30-64-55(79)40-15-11-10-12-16-40)59(83)66-43(17-13-14-24-63-48(73)29-47(61(85)86)87-32-42-37(8)26-36(7)27-38(42)9)57(81)67-44(22-23-51(76)77)58(82)68-46(28-39-18-20-41(72)21-19-39)56(80)65-31-49(74)70-52(34(3)4)54(62)78/h10-12,15-16,18-21,26-27,33-35,43-47,52-53,72H,13-14,17,22-25,28-32H2,1-9H3,(H2,62,78)(H,63,73)(H,64,79)(H,65,80)(H,66,83)(H,67,81)(H,68,82)(H,69,84)(H,70,74)(H,71,75)(H,76,77)(H,85,86)/t43-,44-,45-,46-,47+,52-,53-/m0/s1. The molecule has 0 saturated carbocycles. The highest BCUT2D eigenvalue weighted by Gasteiger charge is 2.35. The average Bonchev–Trinajstić information content (AvgIpc) is 3.66. The number of thioether (sulfide) groups is 1. The van der Waals surface area contributed by atoms with Crippen LogP contribution >= 0.6 is 11.8 Å². The van der Waals surface area contributed by atoms with E-state index in [-0.39, 0.29) is 56.7 Å². The molecule has 0 aliphatic carbocycles. The number of amides is 10. The van der Waals surface area contributed by atoms with Crippen molar-refractivity contribution in [3.05, 3.63) is 100 Å². The third-order valence-corrected chi connectivity index (χ3v) is 15.1. The molecule has 0 saturated heterocycles. The van der Waals surface area contributed by atoms with Gasteiger partial charge in [0.05, 0.1) is 13.1 Å². The number of aliphatic carboxylic acids is 2. The van der Waals surface area contributed by atoms with Gasteiger partial charge in [0.1, 0.15) is 47.3 Å². The number of aryl methyl sites for hydroxylation is 3. The van der Waals surface area contributed by atoms with Crippen molar-refractivity contribution in [1.82, 2.24) is 47.9 Å². The van der Waals surface area contributed by atoms with Crippen LogP contribution in [-0.2, 0) is 64.9 Å². The molecule has 0 heterocycles. The second-order valence-corrected chi connectivity index (χ2v) is 23.7. The molecule has 3 rings (SSSR count). The number of carboxylic acids is 2. The number of primary amides is 1. The molecule has 87 heavy (non-hydrogen) atoms. The molecule has 0 fully saturated rings. The van der Waals surface area contributed by atoms with E-state index in [1.54, 1.807) is 71.9 Å². The number of carbonyl (C=O) groups excluding carboxylic acids is 10. The van der Waals surface area contributed by atoms with Crippen molar-refractivity contribution in [2.24, 2.45) is 23.5 Å². The lowest BCUT2D eigenvalue weighted by atomic mass is 9.99. The highest BCUT2D eigenvalue weighted by molar-refractivity contribution is 7.99. The van der Waals surface area contributed by atoms with Crippen molar-refractivity contribution in [3.63, 3.8) is 0 Å². The van der Waals surface area contributed by atoms with Gasteiger partial charge in [-0.15, -0.1) is 11.8 Å². The summed E-state index contributed by atoms with van der Waals surface area (Å²) in [7, 11) is 0. The highest BCUT2D eigenvalue weighted by atomic mass is 32.2. The number of carbonyl (C=O) groups is 12. The SMILES string of the molecule is Cc1cc(C)c(CS[C@H](CC(=O)NCCCC[C@H](NC(=O)[C@H](CC(C)C)NC(=O)[C@@H](NC(=O)CNC(=O)c2ccccc2)C(C)C)C(=O)N[C@@H](CCC(=O)O)C(=O)N[C@@H](Cc2ccc(O)cc2)C(=O)NCC(=O)N[C@H](C(N)=O)C(C)C)C(=O)O)c(C)c1. The van der Waals surface area contributed by atoms with Crippen molar-refractivity contribution in [2.45, 2.75) is 161 Å². The second kappa shape index (κ2) is 36.4. The van der Waals surface area contributed by atoms with Crippen molar-refractivity contribution < 1.29 is 72.9 Å². The minimum absolute atomic E-state index is 0.0117. The van der Waals surface area contributed by atoms with E-state index in [4.69, 9.17) is 5.73 Å². The molecule has 476 valence electrons. The summed E-state index contributed by atoms with van der Waals surface area (Å²) in [5.41, 5.74) is 10.2. The fourth-order valence-electron chi connectivity index (χ4n) is 9.14. The molecular formula is C61H86N10O15S. The zero-order valence-electron chi connectivity index (χ0n) is 50.8. The Morgan fingerprint density at radius 2 is 1.09 bits per heavy atom. The Hall–Kier alpha value is -8.55. The van der Waals surface area contributed by atoms with Crippen molar-refractivity contribution in [2.75, 3.05) is 19.6 Å². The van der Waals surface area contributed by atoms with Crippen LogP contribution in [0, 0.1) is 38.5 Å². The molecule has 10 amide bonds. The number of nitrogens with one attached hydrogen (secondary N) is 9. The largest absolute Gasteiger partial charge is 0.508 e. The quantitative estimate of drug-likeness (QED) is 0.0368. The van der Waals surface area contributed by atoms with Gasteiger partial charge in [-0.25, -0.2) is 0 Å². The Labute approximate surface area is 511 Å². The summed E-state index contributed by atoms with van der Waals surface area (Å²) in [6, 6.07) is 9.40. The fraction of sp³-hybridized carbons (Fsp3) is 0.508. The maximum atomic E-state index is 14.6. The van der Waals surface area contributed by atoms with E-state index in [1.807, 2.05) is 32.9 Å². The van der Waals surface area contributed by atoms with E-state index in [1.165, 1.54) is 24.3 Å². The lowest BCUT2D eigenvalue weighted by molar-refractivity contribution is -0.139. The summed E-state index contributed by atoms with van der Waals surface area (Å²) in [6.45, 7) is 14.8. The molecule has 0 aliphatic rings. The van der Waals surface area contributed by atoms with Crippen LogP contribution in [0.1, 0.15) is 125 Å². The number of benzene rings is 3. The van der Waals surface area contributed by atoms with Gasteiger partial charge in [-0.1, -0.05) is 89.6 Å². The number of aromatic hydroxyl groups is 1. The molecule has 0 aromatic heterocycles. The van der Waals surface area contributed by atoms with Gasteiger partial charge in [0.25, 0.3) is 5.91 Å². The van der Waals surface area contributed by atoms with Crippen molar-refractivity contribution in [3.8, 4) is 5.75 Å². The van der Waals surface area contributed by atoms with E-state index in [0.29, 0.717) is 16.9 Å². The molecule has 14 N–H and O–H groups in total. The maximum absolute atomic E-state index is 14.6. The number of phenols is 1. The molecule has 0 spiro atoms. The van der Waals surface area contributed by atoms with Crippen LogP contribution in [0.25, 0.3) is 0 Å². The van der Waals surface area contributed by atoms with Gasteiger partial charge in [-0.05, 0) is 117 Å². The van der Waals surface area contributed by atoms with Crippen molar-refractivity contribution >= 4 is 82.8 Å². The van der Waals surface area contributed by atoms with Crippen LogP contribution in [0.5, 0.6) is 5.75 Å². The number of hydrogen-bond donors (Lipinski definition) is 13. The molecule has 3 aromatic rings. The molecule has 26 heteroatoms. The molecule has 0 unspecified atom stereocenters. The molecule has 0 radical (unpaired) electrons. The smallest absolute Gasteiger partial charge is 0.317 e. The summed E-state index contributed by atoms with van der Waals surface area (Å²) >= 11 is 1.12. The van der Waals surface area contributed by atoms with Gasteiger partial charge in [0.2, 0.25) is 53.2 Å². The normalized spacial score (nSPS) is 13.5. The van der Waals surface area contributed by atoms with Crippen LogP contribution < -0.4 is 53.6 Å². The van der Waals surface area contributed by atoms with Crippen molar-refractivity contribution in [1.29, 1.82) is 0 Å². The summed E-state index contributed by atoms with van der Waals surface area (Å²) in [4.78, 5) is 159. The maximum Gasteiger partial charge on any atom is 0.317 e. The van der Waals surface area contributed by atoms with E-state index >= 15 is 0 Å². The Morgan fingerprint density at radius 1 is 0.563 bits per heavy atom. The monoisotopic (exact) mass is 1230 g/mol. The average molecular weight is 1230 g/mol. The Balaban J connectivity index is 1.91. The van der Waals surface area contributed by atoms with Crippen LogP contribution in [-0.4, -0.2) is 147 Å². The molecule has 0 aliphatic heterocycles.